The monoisotopic (exact) mass is 222 g/mol. The number of guanidine groups is 1. The molecule has 0 radical (unpaired) electrons. The van der Waals surface area contributed by atoms with E-state index in [9.17, 15) is 5.21 Å². The Bertz CT molecular complexity index is 466. The van der Waals surface area contributed by atoms with Crippen LogP contribution < -0.4 is 20.9 Å². The second kappa shape index (κ2) is 3.97. The molecule has 1 aliphatic heterocycles. The van der Waals surface area contributed by atoms with Crippen molar-refractivity contribution >= 4 is 12.2 Å². The second-order valence-electron chi connectivity index (χ2n) is 3.06. The van der Waals surface area contributed by atoms with Crippen LogP contribution in [-0.2, 0) is 0 Å². The molecular weight excluding hydrogens is 212 g/mol. The number of ether oxygens (including phenoxy) is 2. The lowest BCUT2D eigenvalue weighted by atomic mass is 10.2. The van der Waals surface area contributed by atoms with Crippen LogP contribution in [0.5, 0.6) is 11.5 Å². The Hall–Kier alpha value is -2.44. The van der Waals surface area contributed by atoms with Gasteiger partial charge < -0.3 is 14.7 Å². The molecular formula is C9H10N4O3. The molecule has 0 saturated heterocycles. The number of benzene rings is 1. The SMILES string of the molecule is NC(N)=[N+]([O-])N=Cc1ccc2c(c1)OCO2. The minimum absolute atomic E-state index is 0.130. The van der Waals surface area contributed by atoms with Gasteiger partial charge in [0.15, 0.2) is 11.5 Å². The molecule has 1 aromatic rings. The summed E-state index contributed by atoms with van der Waals surface area (Å²) in [5.41, 5.74) is 10.8. The van der Waals surface area contributed by atoms with Crippen molar-refractivity contribution in [2.75, 3.05) is 6.79 Å². The van der Waals surface area contributed by atoms with Crippen molar-refractivity contribution in [2.45, 2.75) is 0 Å². The maximum absolute atomic E-state index is 10.9. The maximum atomic E-state index is 10.9. The van der Waals surface area contributed by atoms with E-state index in [4.69, 9.17) is 20.9 Å². The van der Waals surface area contributed by atoms with Gasteiger partial charge in [-0.2, -0.15) is 0 Å². The first kappa shape index (κ1) is 10.1. The Kier molecular flexibility index (Phi) is 2.50. The van der Waals surface area contributed by atoms with Gasteiger partial charge in [0.1, 0.15) is 0 Å². The number of nitrogens with two attached hydrogens (primary N) is 2. The van der Waals surface area contributed by atoms with Crippen LogP contribution in [0.15, 0.2) is 23.3 Å². The predicted molar refractivity (Wildman–Crippen MR) is 57.2 cm³/mol. The maximum Gasteiger partial charge on any atom is 0.366 e. The van der Waals surface area contributed by atoms with Crippen LogP contribution in [-0.4, -0.2) is 23.8 Å². The zero-order valence-electron chi connectivity index (χ0n) is 8.29. The number of hydrogen-bond donors (Lipinski definition) is 2. The minimum Gasteiger partial charge on any atom is -0.722 e. The zero-order chi connectivity index (χ0) is 11.5. The molecule has 0 aliphatic carbocycles. The van der Waals surface area contributed by atoms with Crippen molar-refractivity contribution in [1.29, 1.82) is 0 Å². The van der Waals surface area contributed by atoms with Gasteiger partial charge in [-0.1, -0.05) is 0 Å². The molecule has 0 bridgehead atoms. The van der Waals surface area contributed by atoms with Crippen LogP contribution >= 0.6 is 0 Å². The Balaban J connectivity index is 2.20. The number of hydrogen-bond acceptors (Lipinski definition) is 4. The molecule has 0 atom stereocenters. The Morgan fingerprint density at radius 1 is 1.38 bits per heavy atom. The average molecular weight is 222 g/mol. The van der Waals surface area contributed by atoms with Crippen LogP contribution in [0.4, 0.5) is 0 Å². The molecule has 1 heterocycles. The lowest BCUT2D eigenvalue weighted by Crippen LogP contribution is -2.30. The summed E-state index contributed by atoms with van der Waals surface area (Å²) in [6.07, 6.45) is 1.33. The van der Waals surface area contributed by atoms with E-state index >= 15 is 0 Å². The van der Waals surface area contributed by atoms with E-state index in [2.05, 4.69) is 5.10 Å². The highest BCUT2D eigenvalue weighted by Gasteiger charge is 2.12. The third-order valence-corrected chi connectivity index (χ3v) is 1.93. The molecule has 0 aromatic heterocycles. The molecule has 1 aromatic carbocycles. The molecule has 1 aliphatic rings. The highest BCUT2D eigenvalue weighted by Crippen LogP contribution is 2.31. The summed E-state index contributed by atoms with van der Waals surface area (Å²) < 4.78 is 10.3. The average Bonchev–Trinajstić information content (AvgIpc) is 2.72. The van der Waals surface area contributed by atoms with Crippen molar-refractivity contribution in [3.05, 3.63) is 29.0 Å². The first-order valence-electron chi connectivity index (χ1n) is 4.45. The predicted octanol–water partition coefficient (Wildman–Crippen LogP) is -0.467. The van der Waals surface area contributed by atoms with E-state index in [0.717, 1.165) is 0 Å². The van der Waals surface area contributed by atoms with Crippen LogP contribution in [0.1, 0.15) is 5.56 Å². The minimum atomic E-state index is -0.419. The summed E-state index contributed by atoms with van der Waals surface area (Å²) in [5.74, 6) is 0.865. The smallest absolute Gasteiger partial charge is 0.366 e. The molecule has 0 amide bonds. The van der Waals surface area contributed by atoms with Crippen LogP contribution in [0.25, 0.3) is 0 Å². The lowest BCUT2D eigenvalue weighted by Gasteiger charge is -2.02. The fourth-order valence-electron chi connectivity index (χ4n) is 1.18. The summed E-state index contributed by atoms with van der Waals surface area (Å²) in [7, 11) is 0. The van der Waals surface area contributed by atoms with Gasteiger partial charge in [-0.05, 0) is 23.8 Å². The van der Waals surface area contributed by atoms with Gasteiger partial charge in [0.2, 0.25) is 6.79 Å². The third kappa shape index (κ3) is 1.97. The molecule has 16 heavy (non-hydrogen) atoms. The van der Waals surface area contributed by atoms with Gasteiger partial charge >= 0.3 is 5.96 Å². The fraction of sp³-hybridized carbons (Fsp3) is 0.111. The van der Waals surface area contributed by atoms with E-state index in [1.165, 1.54) is 6.21 Å². The highest BCUT2D eigenvalue weighted by molar-refractivity contribution is 5.81. The van der Waals surface area contributed by atoms with Crippen molar-refractivity contribution in [1.82, 2.24) is 0 Å². The van der Waals surface area contributed by atoms with E-state index in [1.807, 2.05) is 0 Å². The van der Waals surface area contributed by atoms with Gasteiger partial charge in [0.25, 0.3) is 0 Å². The lowest BCUT2D eigenvalue weighted by molar-refractivity contribution is -0.463. The molecule has 7 nitrogen and oxygen atoms in total. The summed E-state index contributed by atoms with van der Waals surface area (Å²) in [6.45, 7) is 0.202. The zero-order valence-corrected chi connectivity index (χ0v) is 8.29. The van der Waals surface area contributed by atoms with Crippen LogP contribution in [0.2, 0.25) is 0 Å². The molecule has 0 saturated carbocycles. The molecule has 7 heteroatoms. The van der Waals surface area contributed by atoms with E-state index in [0.29, 0.717) is 17.1 Å². The molecule has 0 unspecified atom stereocenters. The van der Waals surface area contributed by atoms with Gasteiger partial charge in [-0.25, -0.2) is 0 Å². The quantitative estimate of drug-likeness (QED) is 0.231. The largest absolute Gasteiger partial charge is 0.722 e. The van der Waals surface area contributed by atoms with Crippen molar-refractivity contribution < 1.29 is 14.3 Å². The van der Waals surface area contributed by atoms with E-state index in [1.54, 1.807) is 18.2 Å². The van der Waals surface area contributed by atoms with E-state index < -0.39 is 5.96 Å². The summed E-state index contributed by atoms with van der Waals surface area (Å²) in [4.78, 5) is 0.130. The standard InChI is InChI=1S/C9H10N4O3/c10-9(11)13(14)12-4-6-1-2-7-8(3-6)16-5-15-7/h1-4H,5,10-11H2. The second-order valence-corrected chi connectivity index (χ2v) is 3.06. The Morgan fingerprint density at radius 3 is 2.88 bits per heavy atom. The van der Waals surface area contributed by atoms with Crippen molar-refractivity contribution in [2.24, 2.45) is 16.6 Å². The number of hydrazone groups is 1. The Labute approximate surface area is 91.1 Å². The molecule has 2 rings (SSSR count). The number of nitrogens with zero attached hydrogens (tertiary/aromatic N) is 2. The number of rotatable bonds is 2. The van der Waals surface area contributed by atoms with Crippen molar-refractivity contribution in [3.63, 3.8) is 0 Å². The van der Waals surface area contributed by atoms with Crippen LogP contribution in [0, 0.1) is 5.21 Å². The van der Waals surface area contributed by atoms with Crippen LogP contribution in [0.3, 0.4) is 0 Å². The first-order chi connectivity index (χ1) is 7.66. The van der Waals surface area contributed by atoms with E-state index in [-0.39, 0.29) is 11.6 Å². The molecule has 0 spiro atoms. The fourth-order valence-corrected chi connectivity index (χ4v) is 1.18. The molecule has 4 N–H and O–H groups in total. The van der Waals surface area contributed by atoms with Gasteiger partial charge in [-0.15, -0.1) is 9.95 Å². The summed E-state index contributed by atoms with van der Waals surface area (Å²) in [6, 6.07) is 5.16. The van der Waals surface area contributed by atoms with Crippen molar-refractivity contribution in [3.8, 4) is 11.5 Å². The first-order valence-corrected chi connectivity index (χ1v) is 4.45. The topological polar surface area (TPSA) is 109 Å². The highest BCUT2D eigenvalue weighted by atomic mass is 16.7. The molecule has 0 fully saturated rings. The van der Waals surface area contributed by atoms with Gasteiger partial charge in [0, 0.05) is 0 Å². The summed E-state index contributed by atoms with van der Waals surface area (Å²) >= 11 is 0. The normalized spacial score (nSPS) is 13.0. The third-order valence-electron chi connectivity index (χ3n) is 1.93. The number of fused-ring (bicyclic) bond motifs is 1. The van der Waals surface area contributed by atoms with Gasteiger partial charge in [0.05, 0.1) is 6.21 Å². The summed E-state index contributed by atoms with van der Waals surface area (Å²) in [5, 5.41) is 14.4. The van der Waals surface area contributed by atoms with Gasteiger partial charge in [-0.3, -0.25) is 11.5 Å². The molecule has 84 valence electrons. The Morgan fingerprint density at radius 2 is 2.12 bits per heavy atom.